The van der Waals surface area contributed by atoms with E-state index >= 15 is 0 Å². The van der Waals surface area contributed by atoms with E-state index in [-0.39, 0.29) is 11.9 Å². The number of carbonyl (C=O) groups excluding carboxylic acids is 1. The van der Waals surface area contributed by atoms with Crippen LogP contribution in [0.1, 0.15) is 28.9 Å². The van der Waals surface area contributed by atoms with Gasteiger partial charge < -0.3 is 5.32 Å². The third kappa shape index (κ3) is 3.78. The Morgan fingerprint density at radius 3 is 2.63 bits per heavy atom. The summed E-state index contributed by atoms with van der Waals surface area (Å²) < 4.78 is 1.01. The van der Waals surface area contributed by atoms with E-state index < -0.39 is 0 Å². The predicted octanol–water partition coefficient (Wildman–Crippen LogP) is 3.99. The third-order valence-electron chi connectivity index (χ3n) is 2.71. The number of benzene rings is 1. The Labute approximate surface area is 125 Å². The van der Waals surface area contributed by atoms with Gasteiger partial charge in [0.2, 0.25) is 0 Å². The number of amides is 1. The number of pyridine rings is 1. The van der Waals surface area contributed by atoms with Crippen LogP contribution in [0.5, 0.6) is 0 Å². The fourth-order valence-corrected chi connectivity index (χ4v) is 2.10. The number of hydrogen-bond acceptors (Lipinski definition) is 2. The summed E-state index contributed by atoms with van der Waals surface area (Å²) in [6.07, 6.45) is 1.52. The van der Waals surface area contributed by atoms with Crippen LogP contribution in [0.15, 0.2) is 47.1 Å². The van der Waals surface area contributed by atoms with E-state index in [1.165, 1.54) is 6.20 Å². The molecule has 0 radical (unpaired) electrons. The van der Waals surface area contributed by atoms with Crippen LogP contribution in [0.25, 0.3) is 0 Å². The Morgan fingerprint density at radius 2 is 2.00 bits per heavy atom. The Bertz CT molecular complexity index is 586. The molecule has 0 aliphatic carbocycles. The van der Waals surface area contributed by atoms with Crippen molar-refractivity contribution in [2.24, 2.45) is 0 Å². The largest absolute Gasteiger partial charge is 0.346 e. The molecule has 0 aliphatic heterocycles. The first-order valence-corrected chi connectivity index (χ1v) is 6.91. The van der Waals surface area contributed by atoms with Crippen LogP contribution in [0.2, 0.25) is 5.15 Å². The monoisotopic (exact) mass is 338 g/mol. The van der Waals surface area contributed by atoms with E-state index in [0.717, 1.165) is 10.0 Å². The van der Waals surface area contributed by atoms with Gasteiger partial charge in [-0.25, -0.2) is 4.98 Å². The second-order valence-electron chi connectivity index (χ2n) is 4.11. The van der Waals surface area contributed by atoms with Crippen LogP contribution in [0, 0.1) is 0 Å². The molecule has 5 heteroatoms. The first kappa shape index (κ1) is 14.0. The molecule has 19 heavy (non-hydrogen) atoms. The Kier molecular flexibility index (Phi) is 4.56. The summed E-state index contributed by atoms with van der Waals surface area (Å²) in [6.45, 7) is 1.93. The van der Waals surface area contributed by atoms with E-state index in [9.17, 15) is 4.79 Å². The van der Waals surface area contributed by atoms with E-state index in [0.29, 0.717) is 10.7 Å². The van der Waals surface area contributed by atoms with Gasteiger partial charge in [0.25, 0.3) is 5.91 Å². The minimum Gasteiger partial charge on any atom is -0.346 e. The molecule has 2 rings (SSSR count). The smallest absolute Gasteiger partial charge is 0.251 e. The molecule has 1 N–H and O–H groups in total. The van der Waals surface area contributed by atoms with Crippen LogP contribution in [0.3, 0.4) is 0 Å². The summed E-state index contributed by atoms with van der Waals surface area (Å²) in [4.78, 5) is 15.9. The number of rotatable bonds is 3. The summed E-state index contributed by atoms with van der Waals surface area (Å²) >= 11 is 9.14. The van der Waals surface area contributed by atoms with Gasteiger partial charge in [-0.15, -0.1) is 0 Å². The highest BCUT2D eigenvalue weighted by Gasteiger charge is 2.11. The lowest BCUT2D eigenvalue weighted by Gasteiger charge is -2.14. The number of nitrogens with one attached hydrogen (secondary N) is 1. The first-order chi connectivity index (χ1) is 9.06. The summed E-state index contributed by atoms with van der Waals surface area (Å²) in [5, 5.41) is 3.23. The molecule has 1 heterocycles. The minimum atomic E-state index is -0.167. The number of carbonyl (C=O) groups is 1. The summed E-state index contributed by atoms with van der Waals surface area (Å²) in [5.41, 5.74) is 1.54. The van der Waals surface area contributed by atoms with E-state index in [1.54, 1.807) is 12.1 Å². The topological polar surface area (TPSA) is 42.0 Å². The van der Waals surface area contributed by atoms with Crippen molar-refractivity contribution in [3.8, 4) is 0 Å². The highest BCUT2D eigenvalue weighted by atomic mass is 79.9. The fraction of sp³-hybridized carbons (Fsp3) is 0.143. The van der Waals surface area contributed by atoms with E-state index in [1.807, 2.05) is 31.2 Å². The zero-order chi connectivity index (χ0) is 13.8. The van der Waals surface area contributed by atoms with Crippen molar-refractivity contribution in [3.63, 3.8) is 0 Å². The van der Waals surface area contributed by atoms with Gasteiger partial charge in [-0.3, -0.25) is 4.79 Å². The Balaban J connectivity index is 2.08. The average Bonchev–Trinajstić information content (AvgIpc) is 2.39. The average molecular weight is 340 g/mol. The second kappa shape index (κ2) is 6.17. The number of nitrogens with zero attached hydrogens (tertiary/aromatic N) is 1. The molecule has 0 unspecified atom stereocenters. The van der Waals surface area contributed by atoms with Gasteiger partial charge in [-0.05, 0) is 36.8 Å². The zero-order valence-corrected chi connectivity index (χ0v) is 12.6. The van der Waals surface area contributed by atoms with Gasteiger partial charge in [0, 0.05) is 16.2 Å². The standard InChI is InChI=1S/C14H12BrClN2O/c1-9(10-2-4-12(15)5-3-10)18-14(19)11-6-7-17-13(16)8-11/h2-9H,1H3,(H,18,19)/t9-/m0/s1. The normalized spacial score (nSPS) is 11.9. The van der Waals surface area contributed by atoms with Gasteiger partial charge in [-0.1, -0.05) is 39.7 Å². The van der Waals surface area contributed by atoms with Gasteiger partial charge >= 0.3 is 0 Å². The fourth-order valence-electron chi connectivity index (χ4n) is 1.66. The predicted molar refractivity (Wildman–Crippen MR) is 79.3 cm³/mol. The molecule has 0 bridgehead atoms. The van der Waals surface area contributed by atoms with Crippen molar-refractivity contribution in [2.45, 2.75) is 13.0 Å². The molecule has 1 amide bonds. The van der Waals surface area contributed by atoms with Crippen LogP contribution >= 0.6 is 27.5 Å². The molecule has 0 saturated heterocycles. The van der Waals surface area contributed by atoms with Crippen molar-refractivity contribution in [1.82, 2.24) is 10.3 Å². The molecule has 1 atom stereocenters. The lowest BCUT2D eigenvalue weighted by Crippen LogP contribution is -2.26. The Hall–Kier alpha value is -1.39. The van der Waals surface area contributed by atoms with E-state index in [4.69, 9.17) is 11.6 Å². The van der Waals surface area contributed by atoms with Gasteiger partial charge in [0.05, 0.1) is 6.04 Å². The number of halogens is 2. The molecule has 1 aromatic heterocycles. The molecule has 98 valence electrons. The van der Waals surface area contributed by atoms with E-state index in [2.05, 4.69) is 26.2 Å². The van der Waals surface area contributed by atoms with Gasteiger partial charge in [0.1, 0.15) is 5.15 Å². The maximum absolute atomic E-state index is 12.0. The maximum Gasteiger partial charge on any atom is 0.251 e. The van der Waals surface area contributed by atoms with Gasteiger partial charge in [-0.2, -0.15) is 0 Å². The van der Waals surface area contributed by atoms with Crippen LogP contribution in [-0.2, 0) is 0 Å². The van der Waals surface area contributed by atoms with Crippen LogP contribution in [0.4, 0.5) is 0 Å². The van der Waals surface area contributed by atoms with Crippen molar-refractivity contribution in [3.05, 3.63) is 63.3 Å². The van der Waals surface area contributed by atoms with Crippen LogP contribution in [-0.4, -0.2) is 10.9 Å². The molecular weight excluding hydrogens is 328 g/mol. The first-order valence-electron chi connectivity index (χ1n) is 5.74. The molecule has 0 spiro atoms. The third-order valence-corrected chi connectivity index (χ3v) is 3.44. The molecule has 0 fully saturated rings. The lowest BCUT2D eigenvalue weighted by molar-refractivity contribution is 0.0940. The molecule has 2 aromatic rings. The molecule has 0 saturated carbocycles. The second-order valence-corrected chi connectivity index (χ2v) is 5.42. The lowest BCUT2D eigenvalue weighted by atomic mass is 10.1. The molecule has 1 aromatic carbocycles. The van der Waals surface area contributed by atoms with Crippen molar-refractivity contribution in [2.75, 3.05) is 0 Å². The quantitative estimate of drug-likeness (QED) is 0.859. The Morgan fingerprint density at radius 1 is 1.32 bits per heavy atom. The summed E-state index contributed by atoms with van der Waals surface area (Å²) in [5.74, 6) is -0.167. The molecule has 3 nitrogen and oxygen atoms in total. The van der Waals surface area contributed by atoms with Crippen molar-refractivity contribution < 1.29 is 4.79 Å². The van der Waals surface area contributed by atoms with Gasteiger partial charge in [0.15, 0.2) is 0 Å². The SMILES string of the molecule is C[C@H](NC(=O)c1ccnc(Cl)c1)c1ccc(Br)cc1. The van der Waals surface area contributed by atoms with Crippen molar-refractivity contribution >= 4 is 33.4 Å². The number of aromatic nitrogens is 1. The minimum absolute atomic E-state index is 0.0764. The molecular formula is C14H12BrClN2O. The highest BCUT2D eigenvalue weighted by molar-refractivity contribution is 9.10. The van der Waals surface area contributed by atoms with Crippen molar-refractivity contribution in [1.29, 1.82) is 0 Å². The highest BCUT2D eigenvalue weighted by Crippen LogP contribution is 2.17. The summed E-state index contributed by atoms with van der Waals surface area (Å²) in [7, 11) is 0. The maximum atomic E-state index is 12.0. The van der Waals surface area contributed by atoms with Crippen LogP contribution < -0.4 is 5.32 Å². The molecule has 0 aliphatic rings. The summed E-state index contributed by atoms with van der Waals surface area (Å²) in [6, 6.07) is 10.9. The number of hydrogen-bond donors (Lipinski definition) is 1. The zero-order valence-electron chi connectivity index (χ0n) is 10.2.